The zero-order valence-corrected chi connectivity index (χ0v) is 11.9. The number of Topliss-reactive ketones (excluding diaryl/α,β-unsaturated/α-hetero) is 1. The summed E-state index contributed by atoms with van der Waals surface area (Å²) in [5, 5.41) is 0.984. The van der Waals surface area contributed by atoms with Crippen molar-refractivity contribution >= 4 is 22.4 Å². The number of carbonyl (C=O) groups is 1. The van der Waals surface area contributed by atoms with Crippen molar-refractivity contribution in [1.29, 1.82) is 0 Å². The SMILES string of the molecule is CC(C)C(=O)c1cc2cc(N3CCOCC3)ccc2o1. The Morgan fingerprint density at radius 1 is 1.20 bits per heavy atom. The fraction of sp³-hybridized carbons (Fsp3) is 0.438. The minimum absolute atomic E-state index is 0.0470. The number of benzene rings is 1. The summed E-state index contributed by atoms with van der Waals surface area (Å²) in [5.41, 5.74) is 1.93. The van der Waals surface area contributed by atoms with Crippen molar-refractivity contribution in [2.24, 2.45) is 5.92 Å². The van der Waals surface area contributed by atoms with Gasteiger partial charge >= 0.3 is 0 Å². The lowest BCUT2D eigenvalue weighted by molar-refractivity contribution is 0.0913. The lowest BCUT2D eigenvalue weighted by atomic mass is 10.1. The van der Waals surface area contributed by atoms with Gasteiger partial charge in [0.05, 0.1) is 13.2 Å². The van der Waals surface area contributed by atoms with E-state index in [0.29, 0.717) is 5.76 Å². The van der Waals surface area contributed by atoms with Crippen LogP contribution in [-0.4, -0.2) is 32.1 Å². The molecule has 1 saturated heterocycles. The highest BCUT2D eigenvalue weighted by Crippen LogP contribution is 2.26. The molecule has 0 amide bonds. The third-order valence-corrected chi connectivity index (χ3v) is 3.64. The summed E-state index contributed by atoms with van der Waals surface area (Å²) in [6.45, 7) is 7.10. The second-order valence-electron chi connectivity index (χ2n) is 5.45. The second kappa shape index (κ2) is 5.29. The molecule has 2 aromatic rings. The minimum atomic E-state index is -0.0470. The predicted octanol–water partition coefficient (Wildman–Crippen LogP) is 3.11. The molecule has 1 aliphatic rings. The Morgan fingerprint density at radius 2 is 1.95 bits per heavy atom. The van der Waals surface area contributed by atoms with Crippen molar-refractivity contribution in [2.75, 3.05) is 31.2 Å². The molecule has 0 radical (unpaired) electrons. The number of rotatable bonds is 3. The molecule has 3 rings (SSSR count). The van der Waals surface area contributed by atoms with Gasteiger partial charge in [-0.3, -0.25) is 4.79 Å². The minimum Gasteiger partial charge on any atom is -0.453 e. The van der Waals surface area contributed by atoms with Gasteiger partial charge in [0.25, 0.3) is 0 Å². The van der Waals surface area contributed by atoms with Gasteiger partial charge in [-0.2, -0.15) is 0 Å². The zero-order chi connectivity index (χ0) is 14.1. The number of anilines is 1. The molecule has 0 N–H and O–H groups in total. The first-order valence-electron chi connectivity index (χ1n) is 7.05. The van der Waals surface area contributed by atoms with E-state index in [1.807, 2.05) is 32.0 Å². The fourth-order valence-corrected chi connectivity index (χ4v) is 2.45. The topological polar surface area (TPSA) is 42.7 Å². The average Bonchev–Trinajstić information content (AvgIpc) is 2.90. The first-order chi connectivity index (χ1) is 9.65. The van der Waals surface area contributed by atoms with Crippen molar-refractivity contribution in [3.8, 4) is 0 Å². The molecule has 1 fully saturated rings. The summed E-state index contributed by atoms with van der Waals surface area (Å²) in [5.74, 6) is 0.456. The van der Waals surface area contributed by atoms with Gasteiger partial charge < -0.3 is 14.1 Å². The van der Waals surface area contributed by atoms with E-state index in [9.17, 15) is 4.79 Å². The highest BCUT2D eigenvalue weighted by molar-refractivity contribution is 5.99. The van der Waals surface area contributed by atoms with Gasteiger partial charge in [-0.1, -0.05) is 13.8 Å². The van der Waals surface area contributed by atoms with E-state index in [4.69, 9.17) is 9.15 Å². The summed E-state index contributed by atoms with van der Waals surface area (Å²) in [6, 6.07) is 7.92. The molecular weight excluding hydrogens is 254 g/mol. The number of ether oxygens (including phenoxy) is 1. The van der Waals surface area contributed by atoms with Crippen molar-refractivity contribution in [1.82, 2.24) is 0 Å². The molecule has 0 spiro atoms. The zero-order valence-electron chi connectivity index (χ0n) is 11.9. The Hall–Kier alpha value is -1.81. The Morgan fingerprint density at radius 3 is 2.65 bits per heavy atom. The molecule has 0 aliphatic carbocycles. The summed E-state index contributed by atoms with van der Waals surface area (Å²) in [4.78, 5) is 14.3. The lowest BCUT2D eigenvalue weighted by Gasteiger charge is -2.28. The number of ketones is 1. The van der Waals surface area contributed by atoms with E-state index in [1.54, 1.807) is 0 Å². The number of nitrogens with zero attached hydrogens (tertiary/aromatic N) is 1. The van der Waals surface area contributed by atoms with Crippen LogP contribution in [0.1, 0.15) is 24.4 Å². The maximum absolute atomic E-state index is 12.0. The molecule has 1 aliphatic heterocycles. The van der Waals surface area contributed by atoms with Gasteiger partial charge in [0.15, 0.2) is 5.76 Å². The predicted molar refractivity (Wildman–Crippen MR) is 78.4 cm³/mol. The van der Waals surface area contributed by atoms with Crippen LogP contribution in [0.25, 0.3) is 11.0 Å². The number of fused-ring (bicyclic) bond motifs is 1. The van der Waals surface area contributed by atoms with E-state index in [2.05, 4.69) is 11.0 Å². The van der Waals surface area contributed by atoms with Gasteiger partial charge in [-0.05, 0) is 24.3 Å². The van der Waals surface area contributed by atoms with E-state index in [-0.39, 0.29) is 11.7 Å². The molecule has 0 unspecified atom stereocenters. The number of carbonyl (C=O) groups excluding carboxylic acids is 1. The van der Waals surface area contributed by atoms with Crippen LogP contribution in [0.2, 0.25) is 0 Å². The number of furan rings is 1. The highest BCUT2D eigenvalue weighted by atomic mass is 16.5. The smallest absolute Gasteiger partial charge is 0.200 e. The van der Waals surface area contributed by atoms with Gasteiger partial charge in [0, 0.05) is 30.1 Å². The van der Waals surface area contributed by atoms with E-state index in [0.717, 1.165) is 43.0 Å². The second-order valence-corrected chi connectivity index (χ2v) is 5.45. The maximum Gasteiger partial charge on any atom is 0.200 e. The van der Waals surface area contributed by atoms with Crippen LogP contribution in [0, 0.1) is 5.92 Å². The summed E-state index contributed by atoms with van der Waals surface area (Å²) in [6.07, 6.45) is 0. The summed E-state index contributed by atoms with van der Waals surface area (Å²) in [7, 11) is 0. The Bertz CT molecular complexity index is 624. The molecule has 106 valence electrons. The molecule has 1 aromatic heterocycles. The van der Waals surface area contributed by atoms with Gasteiger partial charge in [-0.15, -0.1) is 0 Å². The van der Waals surface area contributed by atoms with Crippen LogP contribution in [0.15, 0.2) is 28.7 Å². The van der Waals surface area contributed by atoms with Gasteiger partial charge in [0.2, 0.25) is 5.78 Å². The quantitative estimate of drug-likeness (QED) is 0.806. The third-order valence-electron chi connectivity index (χ3n) is 3.64. The average molecular weight is 273 g/mol. The number of hydrogen-bond acceptors (Lipinski definition) is 4. The van der Waals surface area contributed by atoms with E-state index in [1.165, 1.54) is 0 Å². The highest BCUT2D eigenvalue weighted by Gasteiger charge is 2.17. The molecule has 1 aromatic carbocycles. The first kappa shape index (κ1) is 13.2. The number of hydrogen-bond donors (Lipinski definition) is 0. The van der Waals surface area contributed by atoms with E-state index < -0.39 is 0 Å². The molecule has 0 saturated carbocycles. The third kappa shape index (κ3) is 2.43. The van der Waals surface area contributed by atoms with Crippen molar-refractivity contribution in [2.45, 2.75) is 13.8 Å². The van der Waals surface area contributed by atoms with E-state index >= 15 is 0 Å². The first-order valence-corrected chi connectivity index (χ1v) is 7.05. The summed E-state index contributed by atoms with van der Waals surface area (Å²) >= 11 is 0. The monoisotopic (exact) mass is 273 g/mol. The molecule has 4 nitrogen and oxygen atoms in total. The molecular formula is C16H19NO3. The van der Waals surface area contributed by atoms with Crippen molar-refractivity contribution < 1.29 is 13.9 Å². The largest absolute Gasteiger partial charge is 0.453 e. The van der Waals surface area contributed by atoms with Crippen LogP contribution in [-0.2, 0) is 4.74 Å². The Kier molecular flexibility index (Phi) is 3.49. The van der Waals surface area contributed by atoms with Crippen LogP contribution >= 0.6 is 0 Å². The van der Waals surface area contributed by atoms with Crippen molar-refractivity contribution in [3.63, 3.8) is 0 Å². The van der Waals surface area contributed by atoms with Gasteiger partial charge in [0.1, 0.15) is 5.58 Å². The van der Waals surface area contributed by atoms with Crippen LogP contribution in [0.3, 0.4) is 0 Å². The molecule has 0 atom stereocenters. The molecule has 4 heteroatoms. The Balaban J connectivity index is 1.92. The maximum atomic E-state index is 12.0. The van der Waals surface area contributed by atoms with Crippen LogP contribution in [0.5, 0.6) is 0 Å². The Labute approximate surface area is 118 Å². The lowest BCUT2D eigenvalue weighted by Crippen LogP contribution is -2.36. The standard InChI is InChI=1S/C16H19NO3/c1-11(2)16(18)15-10-12-9-13(3-4-14(12)20-15)17-5-7-19-8-6-17/h3-4,9-11H,5-8H2,1-2H3. The fourth-order valence-electron chi connectivity index (χ4n) is 2.45. The van der Waals surface area contributed by atoms with Crippen LogP contribution in [0.4, 0.5) is 5.69 Å². The van der Waals surface area contributed by atoms with Gasteiger partial charge in [-0.25, -0.2) is 0 Å². The van der Waals surface area contributed by atoms with Crippen molar-refractivity contribution in [3.05, 3.63) is 30.0 Å². The molecule has 2 heterocycles. The normalized spacial score (nSPS) is 16.1. The van der Waals surface area contributed by atoms with Crippen LogP contribution < -0.4 is 4.90 Å². The number of morpholine rings is 1. The summed E-state index contributed by atoms with van der Waals surface area (Å²) < 4.78 is 11.0. The molecule has 0 bridgehead atoms. The molecule has 20 heavy (non-hydrogen) atoms.